The molecule has 0 aliphatic carbocycles. The Balaban J connectivity index is 3.16. The molecule has 0 saturated carbocycles. The van der Waals surface area contributed by atoms with Crippen molar-refractivity contribution in [3.05, 3.63) is 45.7 Å². The number of hydrogen-bond donors (Lipinski definition) is 0. The number of allylic oxidation sites excluding steroid dienone is 1. The fourth-order valence-corrected chi connectivity index (χ4v) is 19.8. The van der Waals surface area contributed by atoms with Crippen LogP contribution >= 0.6 is 0 Å². The van der Waals surface area contributed by atoms with E-state index in [0.717, 1.165) is 6.61 Å². The van der Waals surface area contributed by atoms with Crippen molar-refractivity contribution in [1.29, 1.82) is 0 Å². The summed E-state index contributed by atoms with van der Waals surface area (Å²) in [6, 6.07) is 10.7. The standard InChI is InChI=1S/C13H17O.3C4H9.Sn/c1-3-12(2)9-10-14-11-13-7-5-4-6-8-13;3*1-3-4-2;/h4-9,12H,3,11H2,1-2H3;3*1,3-4H2,2H3;. The molecule has 0 amide bonds. The molecular formula is C25H44OSn. The van der Waals surface area contributed by atoms with Gasteiger partial charge in [0.1, 0.15) is 0 Å². The third-order valence-corrected chi connectivity index (χ3v) is 21.0. The van der Waals surface area contributed by atoms with Crippen molar-refractivity contribution in [2.75, 3.05) is 0 Å². The number of rotatable bonds is 15. The van der Waals surface area contributed by atoms with Gasteiger partial charge in [0.15, 0.2) is 0 Å². The summed E-state index contributed by atoms with van der Waals surface area (Å²) in [5, 5.41) is 0. The van der Waals surface area contributed by atoms with Crippen LogP contribution in [0.25, 0.3) is 0 Å². The third kappa shape index (κ3) is 9.06. The quantitative estimate of drug-likeness (QED) is 0.181. The van der Waals surface area contributed by atoms with Gasteiger partial charge in [0.05, 0.1) is 0 Å². The molecular weight excluding hydrogens is 435 g/mol. The second-order valence-corrected chi connectivity index (χ2v) is 21.3. The van der Waals surface area contributed by atoms with E-state index in [1.54, 1.807) is 0 Å². The molecule has 0 heterocycles. The molecule has 0 fully saturated rings. The summed E-state index contributed by atoms with van der Waals surface area (Å²) in [5.74, 6) is 0.622. The van der Waals surface area contributed by atoms with Crippen LogP contribution in [0.5, 0.6) is 0 Å². The molecule has 2 heteroatoms. The fraction of sp³-hybridized carbons (Fsp3) is 0.680. The normalized spacial score (nSPS) is 13.6. The van der Waals surface area contributed by atoms with E-state index in [-0.39, 0.29) is 0 Å². The molecule has 154 valence electrons. The van der Waals surface area contributed by atoms with Gasteiger partial charge in [0.25, 0.3) is 0 Å². The Bertz CT molecular complexity index is 487. The van der Waals surface area contributed by atoms with Crippen LogP contribution < -0.4 is 0 Å². The molecule has 0 spiro atoms. The maximum absolute atomic E-state index is 6.71. The maximum atomic E-state index is 6.71. The van der Waals surface area contributed by atoms with Gasteiger partial charge >= 0.3 is 174 Å². The van der Waals surface area contributed by atoms with Gasteiger partial charge in [-0.1, -0.05) is 0 Å². The van der Waals surface area contributed by atoms with E-state index in [9.17, 15) is 0 Å². The van der Waals surface area contributed by atoms with Crippen molar-refractivity contribution in [2.24, 2.45) is 5.92 Å². The number of unbranched alkanes of at least 4 members (excludes halogenated alkanes) is 3. The van der Waals surface area contributed by atoms with E-state index in [1.165, 1.54) is 67.6 Å². The van der Waals surface area contributed by atoms with Crippen molar-refractivity contribution in [2.45, 2.75) is 99.5 Å². The van der Waals surface area contributed by atoms with Gasteiger partial charge in [-0.15, -0.1) is 0 Å². The van der Waals surface area contributed by atoms with Crippen LogP contribution in [0.3, 0.4) is 0 Å². The second kappa shape index (κ2) is 14.5. The van der Waals surface area contributed by atoms with Crippen LogP contribution in [0, 0.1) is 5.92 Å². The van der Waals surface area contributed by atoms with Crippen LogP contribution in [0.2, 0.25) is 13.3 Å². The first kappa shape index (κ1) is 24.6. The van der Waals surface area contributed by atoms with Gasteiger partial charge in [-0.25, -0.2) is 0 Å². The molecule has 0 bridgehead atoms. The Hall–Kier alpha value is -0.441. The fourth-order valence-electron chi connectivity index (χ4n) is 3.78. The van der Waals surface area contributed by atoms with Crippen LogP contribution in [0.15, 0.2) is 40.2 Å². The molecule has 0 aliphatic rings. The molecule has 0 N–H and O–H groups in total. The average molecular weight is 479 g/mol. The van der Waals surface area contributed by atoms with Crippen molar-refractivity contribution in [1.82, 2.24) is 0 Å². The Kier molecular flexibility index (Phi) is 13.2. The molecule has 27 heavy (non-hydrogen) atoms. The summed E-state index contributed by atoms with van der Waals surface area (Å²) >= 11 is -2.51. The molecule has 0 aliphatic heterocycles. The summed E-state index contributed by atoms with van der Waals surface area (Å²) in [4.78, 5) is 0. The topological polar surface area (TPSA) is 9.23 Å². The van der Waals surface area contributed by atoms with Crippen LogP contribution in [-0.4, -0.2) is 18.4 Å². The zero-order chi connectivity index (χ0) is 20.0. The Labute approximate surface area is 173 Å². The van der Waals surface area contributed by atoms with Gasteiger partial charge in [0, 0.05) is 0 Å². The Morgan fingerprint density at radius 1 is 0.889 bits per heavy atom. The molecule has 1 nitrogen and oxygen atoms in total. The van der Waals surface area contributed by atoms with Crippen molar-refractivity contribution >= 4 is 18.4 Å². The van der Waals surface area contributed by atoms with E-state index in [4.69, 9.17) is 4.74 Å². The minimum atomic E-state index is -2.51. The minimum absolute atomic E-state index is 0.622. The zero-order valence-corrected chi connectivity index (χ0v) is 21.6. The monoisotopic (exact) mass is 480 g/mol. The molecule has 1 unspecified atom stereocenters. The zero-order valence-electron chi connectivity index (χ0n) is 18.7. The van der Waals surface area contributed by atoms with Crippen molar-refractivity contribution in [3.8, 4) is 0 Å². The summed E-state index contributed by atoms with van der Waals surface area (Å²) in [7, 11) is 0. The van der Waals surface area contributed by atoms with Gasteiger partial charge < -0.3 is 0 Å². The number of benzene rings is 1. The van der Waals surface area contributed by atoms with Crippen molar-refractivity contribution < 1.29 is 4.74 Å². The summed E-state index contributed by atoms with van der Waals surface area (Å²) < 4.78 is 12.6. The summed E-state index contributed by atoms with van der Waals surface area (Å²) in [6.07, 6.45) is 11.8. The SMILES string of the molecule is CCC[CH2][Sn]([CH2]CCC)([CH2]CCC)/[C](=C/C(C)CC)OCc1ccccc1. The van der Waals surface area contributed by atoms with Crippen LogP contribution in [0.1, 0.15) is 85.1 Å². The molecule has 0 saturated heterocycles. The Morgan fingerprint density at radius 2 is 1.41 bits per heavy atom. The van der Waals surface area contributed by atoms with E-state index < -0.39 is 18.4 Å². The van der Waals surface area contributed by atoms with E-state index in [0.29, 0.717) is 5.92 Å². The number of hydrogen-bond acceptors (Lipinski definition) is 1. The molecule has 0 radical (unpaired) electrons. The summed E-state index contributed by atoms with van der Waals surface area (Å²) in [6.45, 7) is 12.4. The van der Waals surface area contributed by atoms with Gasteiger partial charge in [-0.05, 0) is 0 Å². The molecule has 1 aromatic rings. The van der Waals surface area contributed by atoms with Gasteiger partial charge in [0.2, 0.25) is 0 Å². The van der Waals surface area contributed by atoms with Gasteiger partial charge in [-0.2, -0.15) is 0 Å². The molecule has 0 aromatic heterocycles. The Morgan fingerprint density at radius 3 is 1.85 bits per heavy atom. The van der Waals surface area contributed by atoms with Crippen LogP contribution in [-0.2, 0) is 11.3 Å². The van der Waals surface area contributed by atoms with E-state index in [2.05, 4.69) is 71.0 Å². The first-order valence-corrected chi connectivity index (χ1v) is 19.0. The average Bonchev–Trinajstić information content (AvgIpc) is 2.71. The van der Waals surface area contributed by atoms with Gasteiger partial charge in [-0.3, -0.25) is 0 Å². The van der Waals surface area contributed by atoms with E-state index in [1.807, 2.05) is 0 Å². The predicted octanol–water partition coefficient (Wildman–Crippen LogP) is 8.52. The predicted molar refractivity (Wildman–Crippen MR) is 124 cm³/mol. The second-order valence-electron chi connectivity index (χ2n) is 8.28. The third-order valence-electron chi connectivity index (χ3n) is 5.87. The van der Waals surface area contributed by atoms with Crippen molar-refractivity contribution in [3.63, 3.8) is 0 Å². The van der Waals surface area contributed by atoms with E-state index >= 15 is 0 Å². The number of ether oxygens (including phenoxy) is 1. The molecule has 1 aromatic carbocycles. The molecule has 1 rings (SSSR count). The molecule has 1 atom stereocenters. The van der Waals surface area contributed by atoms with Crippen LogP contribution in [0.4, 0.5) is 0 Å². The summed E-state index contributed by atoms with van der Waals surface area (Å²) in [5.41, 5.74) is 1.30. The first-order valence-electron chi connectivity index (χ1n) is 11.5. The first-order chi connectivity index (χ1) is 13.1.